The largest absolute Gasteiger partial charge is 0.376 e. The van der Waals surface area contributed by atoms with Crippen molar-refractivity contribution >= 4 is 33.6 Å². The van der Waals surface area contributed by atoms with Crippen molar-refractivity contribution in [3.8, 4) is 0 Å². The number of hydrogen-bond acceptors (Lipinski definition) is 6. The highest BCUT2D eigenvalue weighted by atomic mass is 16.3. The maximum absolute atomic E-state index is 13.2. The van der Waals surface area contributed by atoms with Gasteiger partial charge in [0.1, 0.15) is 6.23 Å². The van der Waals surface area contributed by atoms with Gasteiger partial charge in [0, 0.05) is 35.4 Å². The minimum atomic E-state index is -0.764. The molecule has 158 valence electrons. The van der Waals surface area contributed by atoms with Gasteiger partial charge in [0.05, 0.1) is 34.7 Å². The molecule has 31 heavy (non-hydrogen) atoms. The number of fused-ring (bicyclic) bond motifs is 2. The van der Waals surface area contributed by atoms with Crippen LogP contribution in [0.5, 0.6) is 0 Å². The molecule has 1 amide bonds. The molecular formula is C23H24N6O2. The molecule has 1 unspecified atom stereocenters. The Morgan fingerprint density at radius 1 is 1.26 bits per heavy atom. The van der Waals surface area contributed by atoms with Crippen molar-refractivity contribution in [2.24, 2.45) is 0 Å². The minimum absolute atomic E-state index is 0.130. The molecule has 1 aromatic carbocycles. The van der Waals surface area contributed by atoms with Crippen LogP contribution in [-0.4, -0.2) is 55.9 Å². The molecule has 1 fully saturated rings. The molecule has 0 bridgehead atoms. The van der Waals surface area contributed by atoms with Crippen LogP contribution in [0.25, 0.3) is 16.3 Å². The maximum Gasteiger partial charge on any atom is 0.258 e. The fraction of sp³-hybridized carbons (Fsp3) is 0.261. The number of likely N-dealkylation sites (N-methyl/N-ethyl adjacent to an activating group) is 1. The lowest BCUT2D eigenvalue weighted by atomic mass is 10.0. The van der Waals surface area contributed by atoms with E-state index in [9.17, 15) is 9.90 Å². The number of rotatable bonds is 6. The SMILES string of the molecule is CCC1([C@H](O)NC)CN1C(=O)c1cnn2ccc(Nc3cncc4ccccc34)cc12. The molecule has 4 heterocycles. The minimum Gasteiger partial charge on any atom is -0.376 e. The predicted octanol–water partition coefficient (Wildman–Crippen LogP) is 2.77. The topological polar surface area (TPSA) is 94.6 Å². The van der Waals surface area contributed by atoms with Crippen LogP contribution in [-0.2, 0) is 0 Å². The maximum atomic E-state index is 13.2. The lowest BCUT2D eigenvalue weighted by molar-refractivity contribution is 0.0612. The Labute approximate surface area is 179 Å². The molecule has 3 N–H and O–H groups in total. The molecule has 3 aromatic heterocycles. The zero-order valence-electron chi connectivity index (χ0n) is 17.4. The highest BCUT2D eigenvalue weighted by Crippen LogP contribution is 2.40. The Balaban J connectivity index is 1.47. The van der Waals surface area contributed by atoms with Crippen LogP contribution in [0.2, 0.25) is 0 Å². The molecular weight excluding hydrogens is 392 g/mol. The first-order chi connectivity index (χ1) is 15.1. The molecule has 1 aliphatic heterocycles. The number of carbonyl (C=O) groups excluding carboxylic acids is 1. The van der Waals surface area contributed by atoms with Gasteiger partial charge in [-0.25, -0.2) is 4.52 Å². The Kier molecular flexibility index (Phi) is 4.60. The lowest BCUT2D eigenvalue weighted by Gasteiger charge is -2.21. The van der Waals surface area contributed by atoms with Crippen LogP contribution in [0.3, 0.4) is 0 Å². The second kappa shape index (κ2) is 7.33. The number of nitrogens with zero attached hydrogens (tertiary/aromatic N) is 4. The molecule has 8 heteroatoms. The number of aliphatic hydroxyl groups is 1. The second-order valence-corrected chi connectivity index (χ2v) is 7.88. The normalized spacial score (nSPS) is 19.0. The monoisotopic (exact) mass is 416 g/mol. The van der Waals surface area contributed by atoms with Crippen molar-refractivity contribution in [1.82, 2.24) is 24.8 Å². The van der Waals surface area contributed by atoms with Crippen molar-refractivity contribution in [2.45, 2.75) is 25.1 Å². The zero-order valence-corrected chi connectivity index (χ0v) is 17.4. The van der Waals surface area contributed by atoms with Crippen molar-refractivity contribution in [3.05, 3.63) is 66.7 Å². The summed E-state index contributed by atoms with van der Waals surface area (Å²) in [6.07, 6.45) is 6.94. The highest BCUT2D eigenvalue weighted by Gasteiger charge is 2.58. The number of carbonyl (C=O) groups is 1. The third-order valence-electron chi connectivity index (χ3n) is 6.20. The van der Waals surface area contributed by atoms with E-state index in [1.807, 2.05) is 55.7 Å². The molecule has 0 saturated carbocycles. The fourth-order valence-electron chi connectivity index (χ4n) is 4.25. The van der Waals surface area contributed by atoms with Gasteiger partial charge < -0.3 is 15.3 Å². The number of aromatic nitrogens is 3. The predicted molar refractivity (Wildman–Crippen MR) is 119 cm³/mol. The number of anilines is 2. The van der Waals surface area contributed by atoms with Crippen molar-refractivity contribution in [2.75, 3.05) is 18.9 Å². The number of nitrogens with one attached hydrogen (secondary N) is 2. The number of aliphatic hydroxyl groups excluding tert-OH is 1. The van der Waals surface area contributed by atoms with Crippen molar-refractivity contribution < 1.29 is 9.90 Å². The third-order valence-corrected chi connectivity index (χ3v) is 6.20. The molecule has 4 aromatic rings. The summed E-state index contributed by atoms with van der Waals surface area (Å²) in [6, 6.07) is 11.9. The lowest BCUT2D eigenvalue weighted by Crippen LogP contribution is -2.43. The molecule has 1 saturated heterocycles. The molecule has 2 atom stereocenters. The number of benzene rings is 1. The summed E-state index contributed by atoms with van der Waals surface area (Å²) in [5, 5.41) is 23.1. The first-order valence-electron chi connectivity index (χ1n) is 10.3. The van der Waals surface area contributed by atoms with E-state index in [1.54, 1.807) is 28.9 Å². The first-order valence-corrected chi connectivity index (χ1v) is 10.3. The van der Waals surface area contributed by atoms with Gasteiger partial charge in [0.15, 0.2) is 0 Å². The van der Waals surface area contributed by atoms with Gasteiger partial charge in [-0.15, -0.1) is 0 Å². The molecule has 5 rings (SSSR count). The molecule has 0 radical (unpaired) electrons. The van der Waals surface area contributed by atoms with Gasteiger partial charge in [-0.3, -0.25) is 15.1 Å². The van der Waals surface area contributed by atoms with Gasteiger partial charge in [-0.05, 0) is 25.6 Å². The summed E-state index contributed by atoms with van der Waals surface area (Å²) in [4.78, 5) is 19.3. The van der Waals surface area contributed by atoms with E-state index in [0.717, 1.165) is 22.1 Å². The van der Waals surface area contributed by atoms with Gasteiger partial charge >= 0.3 is 0 Å². The van der Waals surface area contributed by atoms with Crippen LogP contribution < -0.4 is 10.6 Å². The van der Waals surface area contributed by atoms with E-state index in [4.69, 9.17) is 0 Å². The quantitative estimate of drug-likeness (QED) is 0.331. The Morgan fingerprint density at radius 3 is 2.90 bits per heavy atom. The summed E-state index contributed by atoms with van der Waals surface area (Å²) in [6.45, 7) is 2.49. The van der Waals surface area contributed by atoms with E-state index in [0.29, 0.717) is 24.0 Å². The van der Waals surface area contributed by atoms with E-state index in [2.05, 4.69) is 20.7 Å². The second-order valence-electron chi connectivity index (χ2n) is 7.88. The first kappa shape index (κ1) is 19.5. The fourth-order valence-corrected chi connectivity index (χ4v) is 4.25. The highest BCUT2D eigenvalue weighted by molar-refractivity contribution is 6.03. The Bertz CT molecular complexity index is 1280. The van der Waals surface area contributed by atoms with E-state index >= 15 is 0 Å². The average Bonchev–Trinajstić information content (AvgIpc) is 3.42. The smallest absolute Gasteiger partial charge is 0.258 e. The zero-order chi connectivity index (χ0) is 21.6. The van der Waals surface area contributed by atoms with Gasteiger partial charge in [-0.2, -0.15) is 5.10 Å². The van der Waals surface area contributed by atoms with Gasteiger partial charge in [0.25, 0.3) is 5.91 Å². The third kappa shape index (κ3) is 3.11. The van der Waals surface area contributed by atoms with Crippen LogP contribution >= 0.6 is 0 Å². The van der Waals surface area contributed by atoms with E-state index in [-0.39, 0.29) is 5.91 Å². The molecule has 1 aliphatic rings. The molecule has 0 aliphatic carbocycles. The summed E-state index contributed by atoms with van der Waals surface area (Å²) < 4.78 is 1.69. The van der Waals surface area contributed by atoms with Crippen molar-refractivity contribution in [3.63, 3.8) is 0 Å². The summed E-state index contributed by atoms with van der Waals surface area (Å²) >= 11 is 0. The number of pyridine rings is 2. The van der Waals surface area contributed by atoms with Crippen LogP contribution in [0, 0.1) is 0 Å². The molecule has 0 spiro atoms. The van der Waals surface area contributed by atoms with E-state index in [1.165, 1.54) is 0 Å². The van der Waals surface area contributed by atoms with Crippen LogP contribution in [0.15, 0.2) is 61.2 Å². The van der Waals surface area contributed by atoms with Crippen molar-refractivity contribution in [1.29, 1.82) is 0 Å². The van der Waals surface area contributed by atoms with E-state index < -0.39 is 11.8 Å². The number of amides is 1. The summed E-state index contributed by atoms with van der Waals surface area (Å²) in [5.74, 6) is -0.130. The Hall–Kier alpha value is -3.49. The number of hydrogen-bond donors (Lipinski definition) is 3. The summed E-state index contributed by atoms with van der Waals surface area (Å²) in [5.41, 5.74) is 2.38. The van der Waals surface area contributed by atoms with Gasteiger partial charge in [0.2, 0.25) is 0 Å². The standard InChI is InChI=1S/C23H24N6O2/c1-3-23(22(31)24-2)14-28(23)21(30)18-12-26-29-9-8-16(10-20(18)29)27-19-13-25-11-15-6-4-5-7-17(15)19/h4-13,22,24,27,31H,3,14H2,1-2H3/t22-,23?,28?/m0/s1. The average molecular weight is 416 g/mol. The van der Waals surface area contributed by atoms with Crippen LogP contribution in [0.1, 0.15) is 23.7 Å². The Morgan fingerprint density at radius 2 is 2.10 bits per heavy atom. The van der Waals surface area contributed by atoms with Gasteiger partial charge in [-0.1, -0.05) is 31.2 Å². The summed E-state index contributed by atoms with van der Waals surface area (Å²) in [7, 11) is 1.69. The molecule has 8 nitrogen and oxygen atoms in total. The van der Waals surface area contributed by atoms with Crippen LogP contribution in [0.4, 0.5) is 11.4 Å².